The predicted octanol–water partition coefficient (Wildman–Crippen LogP) is 2.66. The maximum Gasteiger partial charge on any atom is 0.191 e. The summed E-state index contributed by atoms with van der Waals surface area (Å²) in [7, 11) is 3.58. The molecule has 1 aromatic heterocycles. The van der Waals surface area contributed by atoms with Gasteiger partial charge in [0, 0.05) is 50.1 Å². The zero-order chi connectivity index (χ0) is 19.9. The van der Waals surface area contributed by atoms with E-state index in [4.69, 9.17) is 9.47 Å². The highest BCUT2D eigenvalue weighted by atomic mass is 32.1. The minimum Gasteiger partial charge on any atom is -0.379 e. The highest BCUT2D eigenvalue weighted by Gasteiger charge is 2.26. The Hall–Kier alpha value is -1.15. The lowest BCUT2D eigenvalue weighted by Crippen LogP contribution is -2.48. The molecule has 27 heavy (non-hydrogen) atoms. The van der Waals surface area contributed by atoms with E-state index in [9.17, 15) is 0 Å². The number of ether oxygens (including phenoxy) is 2. The van der Waals surface area contributed by atoms with Gasteiger partial charge in [-0.2, -0.15) is 0 Å². The lowest BCUT2D eigenvalue weighted by Gasteiger charge is -2.34. The molecule has 0 saturated carbocycles. The van der Waals surface area contributed by atoms with Gasteiger partial charge in [-0.15, -0.1) is 11.3 Å². The number of nitrogens with one attached hydrogen (secondary N) is 2. The van der Waals surface area contributed by atoms with E-state index in [1.807, 2.05) is 18.4 Å². The van der Waals surface area contributed by atoms with Gasteiger partial charge in [-0.25, -0.2) is 0 Å². The SMILES string of the molecule is CN=C(NCC(c1ccc(C)s1)N1CCOCC1)NCC(OC)C(C)(C)C. The van der Waals surface area contributed by atoms with Gasteiger partial charge in [-0.05, 0) is 24.5 Å². The first-order valence-corrected chi connectivity index (χ1v) is 10.5. The molecule has 0 aromatic carbocycles. The number of aryl methyl sites for hydroxylation is 1. The van der Waals surface area contributed by atoms with Gasteiger partial charge in [0.1, 0.15) is 0 Å². The van der Waals surface area contributed by atoms with Crippen LogP contribution in [0, 0.1) is 12.3 Å². The summed E-state index contributed by atoms with van der Waals surface area (Å²) in [5.41, 5.74) is 0.0748. The summed E-state index contributed by atoms with van der Waals surface area (Å²) in [5, 5.41) is 6.93. The van der Waals surface area contributed by atoms with Crippen LogP contribution in [-0.4, -0.2) is 70.5 Å². The molecule has 0 aliphatic carbocycles. The van der Waals surface area contributed by atoms with Gasteiger partial charge in [0.15, 0.2) is 5.96 Å². The summed E-state index contributed by atoms with van der Waals surface area (Å²) in [5.74, 6) is 0.813. The number of methoxy groups -OCH3 is 1. The monoisotopic (exact) mass is 396 g/mol. The first-order chi connectivity index (χ1) is 12.8. The molecule has 0 amide bonds. The van der Waals surface area contributed by atoms with E-state index in [1.54, 1.807) is 7.11 Å². The van der Waals surface area contributed by atoms with Crippen LogP contribution >= 0.6 is 11.3 Å². The lowest BCUT2D eigenvalue weighted by molar-refractivity contribution is 0.0172. The summed E-state index contributed by atoms with van der Waals surface area (Å²) < 4.78 is 11.2. The predicted molar refractivity (Wildman–Crippen MR) is 114 cm³/mol. The van der Waals surface area contributed by atoms with Crippen LogP contribution < -0.4 is 10.6 Å². The van der Waals surface area contributed by atoms with E-state index in [0.717, 1.165) is 45.4 Å². The third kappa shape index (κ3) is 6.75. The number of hydrogen-bond acceptors (Lipinski definition) is 5. The standard InChI is InChI=1S/C20H36N4O2S/c1-15-7-8-17(27-15)16(24-9-11-26-12-10-24)13-22-19(21-5)23-14-18(25-6)20(2,3)4/h7-8,16,18H,9-14H2,1-6H3,(H2,21,22,23). The zero-order valence-corrected chi connectivity index (χ0v) is 18.5. The van der Waals surface area contributed by atoms with E-state index >= 15 is 0 Å². The van der Waals surface area contributed by atoms with Gasteiger partial charge in [0.25, 0.3) is 0 Å². The Morgan fingerprint density at radius 2 is 1.93 bits per heavy atom. The number of thiophene rings is 1. The second kappa shape index (κ2) is 10.4. The summed E-state index contributed by atoms with van der Waals surface area (Å²) >= 11 is 1.87. The second-order valence-corrected chi connectivity index (χ2v) is 9.36. The average molecular weight is 397 g/mol. The third-order valence-corrected chi connectivity index (χ3v) is 6.07. The number of guanidine groups is 1. The van der Waals surface area contributed by atoms with E-state index in [1.165, 1.54) is 9.75 Å². The van der Waals surface area contributed by atoms with E-state index in [2.05, 4.69) is 60.4 Å². The van der Waals surface area contributed by atoms with Gasteiger partial charge in [-0.1, -0.05) is 20.8 Å². The lowest BCUT2D eigenvalue weighted by atomic mass is 9.89. The second-order valence-electron chi connectivity index (χ2n) is 8.04. The maximum atomic E-state index is 5.64. The highest BCUT2D eigenvalue weighted by molar-refractivity contribution is 7.12. The Morgan fingerprint density at radius 1 is 1.26 bits per heavy atom. The Kier molecular flexibility index (Phi) is 8.54. The van der Waals surface area contributed by atoms with Gasteiger partial charge in [-0.3, -0.25) is 9.89 Å². The topological polar surface area (TPSA) is 58.1 Å². The first-order valence-electron chi connectivity index (χ1n) is 9.70. The van der Waals surface area contributed by atoms with Crippen LogP contribution in [0.2, 0.25) is 0 Å². The average Bonchev–Trinajstić information content (AvgIpc) is 3.06. The number of morpholine rings is 1. The Labute approximate surface area is 168 Å². The van der Waals surface area contributed by atoms with Crippen molar-refractivity contribution in [2.24, 2.45) is 10.4 Å². The molecule has 1 aromatic rings. The molecule has 2 N–H and O–H groups in total. The maximum absolute atomic E-state index is 5.64. The molecular weight excluding hydrogens is 360 g/mol. The summed E-state index contributed by atoms with van der Waals surface area (Å²) in [6.07, 6.45) is 0.117. The van der Waals surface area contributed by atoms with Crippen molar-refractivity contribution in [3.05, 3.63) is 21.9 Å². The molecule has 0 radical (unpaired) electrons. The fourth-order valence-corrected chi connectivity index (χ4v) is 4.29. The van der Waals surface area contributed by atoms with E-state index < -0.39 is 0 Å². The Morgan fingerprint density at radius 3 is 2.44 bits per heavy atom. The van der Waals surface area contributed by atoms with Crippen molar-refractivity contribution in [3.8, 4) is 0 Å². The highest BCUT2D eigenvalue weighted by Crippen LogP contribution is 2.28. The van der Waals surface area contributed by atoms with Crippen LogP contribution in [0.3, 0.4) is 0 Å². The van der Waals surface area contributed by atoms with Crippen molar-refractivity contribution in [3.63, 3.8) is 0 Å². The molecule has 7 heteroatoms. The normalized spacial score (nSPS) is 19.0. The fraction of sp³-hybridized carbons (Fsp3) is 0.750. The summed E-state index contributed by atoms with van der Waals surface area (Å²) in [6, 6.07) is 4.78. The molecular formula is C20H36N4O2S. The summed E-state index contributed by atoms with van der Waals surface area (Å²) in [4.78, 5) is 9.63. The number of aliphatic imine (C=N–C) groups is 1. The molecule has 2 unspecified atom stereocenters. The molecule has 2 atom stereocenters. The van der Waals surface area contributed by atoms with Gasteiger partial charge in [0.2, 0.25) is 0 Å². The van der Waals surface area contributed by atoms with Crippen LogP contribution in [0.15, 0.2) is 17.1 Å². The van der Waals surface area contributed by atoms with Crippen LogP contribution in [0.25, 0.3) is 0 Å². The van der Waals surface area contributed by atoms with Crippen molar-refractivity contribution in [2.45, 2.75) is 39.8 Å². The minimum absolute atomic E-state index is 0.0748. The first kappa shape index (κ1) is 22.1. The van der Waals surface area contributed by atoms with Crippen molar-refractivity contribution in [1.82, 2.24) is 15.5 Å². The van der Waals surface area contributed by atoms with E-state index in [0.29, 0.717) is 6.04 Å². The van der Waals surface area contributed by atoms with E-state index in [-0.39, 0.29) is 11.5 Å². The molecule has 1 aliphatic heterocycles. The van der Waals surface area contributed by atoms with Crippen LogP contribution in [0.1, 0.15) is 36.6 Å². The van der Waals surface area contributed by atoms with Gasteiger partial charge < -0.3 is 20.1 Å². The largest absolute Gasteiger partial charge is 0.379 e. The molecule has 1 saturated heterocycles. The summed E-state index contributed by atoms with van der Waals surface area (Å²) in [6.45, 7) is 13.8. The number of nitrogens with zero attached hydrogens (tertiary/aromatic N) is 2. The molecule has 0 bridgehead atoms. The van der Waals surface area contributed by atoms with Crippen molar-refractivity contribution in [2.75, 3.05) is 53.6 Å². The molecule has 6 nitrogen and oxygen atoms in total. The fourth-order valence-electron chi connectivity index (χ4n) is 3.28. The van der Waals surface area contributed by atoms with Gasteiger partial charge in [0.05, 0.1) is 25.4 Å². The Bertz CT molecular complexity index is 591. The molecule has 1 fully saturated rings. The molecule has 0 spiro atoms. The quantitative estimate of drug-likeness (QED) is 0.548. The molecule has 1 aliphatic rings. The smallest absolute Gasteiger partial charge is 0.191 e. The zero-order valence-electron chi connectivity index (χ0n) is 17.7. The Balaban J connectivity index is 1.97. The molecule has 2 rings (SSSR count). The number of rotatable bonds is 7. The third-order valence-electron chi connectivity index (χ3n) is 4.97. The van der Waals surface area contributed by atoms with Crippen LogP contribution in [0.5, 0.6) is 0 Å². The van der Waals surface area contributed by atoms with Crippen LogP contribution in [-0.2, 0) is 9.47 Å². The van der Waals surface area contributed by atoms with Crippen LogP contribution in [0.4, 0.5) is 0 Å². The number of hydrogen-bond donors (Lipinski definition) is 2. The minimum atomic E-state index is 0.0748. The van der Waals surface area contributed by atoms with Crippen molar-refractivity contribution < 1.29 is 9.47 Å². The molecule has 154 valence electrons. The van der Waals surface area contributed by atoms with Crippen molar-refractivity contribution in [1.29, 1.82) is 0 Å². The molecule has 2 heterocycles. The van der Waals surface area contributed by atoms with Gasteiger partial charge >= 0.3 is 0 Å². The van der Waals surface area contributed by atoms with Crippen molar-refractivity contribution >= 4 is 17.3 Å².